The summed E-state index contributed by atoms with van der Waals surface area (Å²) in [6.45, 7) is 6.00. The van der Waals surface area contributed by atoms with Gasteiger partial charge < -0.3 is 15.4 Å². The molecule has 1 fully saturated rings. The third-order valence-electron chi connectivity index (χ3n) is 6.97. The van der Waals surface area contributed by atoms with Crippen molar-refractivity contribution < 1.29 is 14.7 Å². The van der Waals surface area contributed by atoms with Crippen LogP contribution in [0.15, 0.2) is 78.9 Å². The topological polar surface area (TPSA) is 82.3 Å². The molecule has 1 unspecified atom stereocenters. The number of rotatable bonds is 12. The first kappa shape index (κ1) is 27.9. The number of carbonyl (C=O) groups excluding carboxylic acids is 1. The van der Waals surface area contributed by atoms with Gasteiger partial charge in [0.15, 0.2) is 0 Å². The maximum absolute atomic E-state index is 10.8. The van der Waals surface area contributed by atoms with Crippen molar-refractivity contribution in [2.45, 2.75) is 25.3 Å². The molecule has 0 aromatic heterocycles. The van der Waals surface area contributed by atoms with E-state index in [-0.39, 0.29) is 12.6 Å². The maximum Gasteiger partial charge on any atom is 0.338 e. The summed E-state index contributed by atoms with van der Waals surface area (Å²) in [7, 11) is 0. The van der Waals surface area contributed by atoms with Gasteiger partial charge >= 0.3 is 6.03 Å². The number of urea groups is 1. The minimum absolute atomic E-state index is 0.218. The van der Waals surface area contributed by atoms with Crippen LogP contribution in [0.25, 0.3) is 0 Å². The van der Waals surface area contributed by atoms with Crippen molar-refractivity contribution in [3.05, 3.63) is 101 Å². The molecule has 8 heteroatoms. The fraction of sp³-hybridized carbons (Fsp3) is 0.367. The molecule has 0 spiro atoms. The fourth-order valence-electron chi connectivity index (χ4n) is 4.91. The van der Waals surface area contributed by atoms with Gasteiger partial charge in [0.25, 0.3) is 0 Å². The molecule has 0 bridgehead atoms. The Balaban J connectivity index is 1.19. The molecule has 38 heavy (non-hydrogen) atoms. The predicted octanol–water partition coefficient (Wildman–Crippen LogP) is 5.22. The zero-order chi connectivity index (χ0) is 26.7. The van der Waals surface area contributed by atoms with Crippen molar-refractivity contribution in [2.75, 3.05) is 45.9 Å². The number of amides is 2. The van der Waals surface area contributed by atoms with Gasteiger partial charge in [0.05, 0.1) is 19.2 Å². The second-order valence-corrected chi connectivity index (χ2v) is 10.1. The van der Waals surface area contributed by atoms with Crippen molar-refractivity contribution in [1.82, 2.24) is 14.9 Å². The summed E-state index contributed by atoms with van der Waals surface area (Å²) in [5.41, 5.74) is 8.73. The van der Waals surface area contributed by atoms with E-state index in [2.05, 4.69) is 52.3 Å². The maximum atomic E-state index is 10.8. The predicted molar refractivity (Wildman–Crippen MR) is 151 cm³/mol. The number of piperazine rings is 1. The number of nitrogens with two attached hydrogens (primary N) is 1. The number of hydrogen-bond donors (Lipinski definition) is 2. The molecular formula is C30H37ClN4O3. The van der Waals surface area contributed by atoms with E-state index >= 15 is 0 Å². The van der Waals surface area contributed by atoms with Gasteiger partial charge in [0, 0.05) is 37.7 Å². The van der Waals surface area contributed by atoms with Gasteiger partial charge in [-0.05, 0) is 60.2 Å². The zero-order valence-corrected chi connectivity index (χ0v) is 22.5. The largest absolute Gasteiger partial charge is 0.494 e. The van der Waals surface area contributed by atoms with Gasteiger partial charge in [-0.15, -0.1) is 0 Å². The highest BCUT2D eigenvalue weighted by Crippen LogP contribution is 2.30. The van der Waals surface area contributed by atoms with Crippen LogP contribution in [0.2, 0.25) is 5.02 Å². The molecule has 4 rings (SSSR count). The van der Waals surface area contributed by atoms with Crippen molar-refractivity contribution in [3.63, 3.8) is 0 Å². The van der Waals surface area contributed by atoms with Gasteiger partial charge in [0.1, 0.15) is 5.75 Å². The highest BCUT2D eigenvalue weighted by atomic mass is 35.5. The van der Waals surface area contributed by atoms with E-state index in [0.29, 0.717) is 18.1 Å². The van der Waals surface area contributed by atoms with Gasteiger partial charge in [-0.2, -0.15) is 0 Å². The number of nitrogens with zero attached hydrogens (tertiary/aromatic N) is 3. The number of hydrogen-bond acceptors (Lipinski definition) is 5. The van der Waals surface area contributed by atoms with E-state index in [4.69, 9.17) is 22.1 Å². The van der Waals surface area contributed by atoms with Gasteiger partial charge in [-0.1, -0.05) is 66.2 Å². The van der Waals surface area contributed by atoms with Crippen molar-refractivity contribution in [1.29, 1.82) is 0 Å². The Kier molecular flexibility index (Phi) is 10.4. The summed E-state index contributed by atoms with van der Waals surface area (Å²) < 4.78 is 5.95. The monoisotopic (exact) mass is 536 g/mol. The van der Waals surface area contributed by atoms with Gasteiger partial charge in [0.2, 0.25) is 0 Å². The molecule has 2 amide bonds. The van der Waals surface area contributed by atoms with Gasteiger partial charge in [-0.3, -0.25) is 10.1 Å². The first-order chi connectivity index (χ1) is 18.5. The zero-order valence-electron chi connectivity index (χ0n) is 21.7. The molecule has 202 valence electrons. The molecule has 3 N–H and O–H groups in total. The molecule has 7 nitrogen and oxygen atoms in total. The second kappa shape index (κ2) is 14.2. The van der Waals surface area contributed by atoms with Crippen LogP contribution >= 0.6 is 11.6 Å². The molecule has 1 saturated heterocycles. The van der Waals surface area contributed by atoms with E-state index in [1.165, 1.54) is 11.1 Å². The Morgan fingerprint density at radius 1 is 0.921 bits per heavy atom. The molecule has 0 saturated carbocycles. The molecule has 3 aromatic rings. The molecule has 1 aliphatic heterocycles. The Hall–Kier alpha value is -3.10. The standard InChI is InChI=1S/C30H37ClN4O3/c31-27-13-11-26(12-14-27)29(25-7-2-1-3-8-25)34-21-19-33(20-22-34)17-5-23-38-28-15-9-24(10-16-28)6-4-18-35(37)30(32)36/h1-3,7-16,29,37H,4-6,17-23H2,(H2,32,36). The van der Waals surface area contributed by atoms with E-state index < -0.39 is 6.03 Å². The molecule has 3 aromatic carbocycles. The van der Waals surface area contributed by atoms with Crippen LogP contribution in [0, 0.1) is 0 Å². The van der Waals surface area contributed by atoms with Crippen LogP contribution in [0.5, 0.6) is 5.75 Å². The highest BCUT2D eigenvalue weighted by Gasteiger charge is 2.26. The van der Waals surface area contributed by atoms with E-state index in [9.17, 15) is 10.0 Å². The quantitative estimate of drug-likeness (QED) is 0.188. The summed E-state index contributed by atoms with van der Waals surface area (Å²) in [6.07, 6.45) is 2.36. The molecule has 1 heterocycles. The number of carbonyl (C=O) groups is 1. The Labute approximate surface area is 230 Å². The molecule has 1 aliphatic rings. The van der Waals surface area contributed by atoms with Crippen molar-refractivity contribution in [2.24, 2.45) is 5.73 Å². The number of aryl methyl sites for hydroxylation is 1. The first-order valence-corrected chi connectivity index (χ1v) is 13.6. The minimum Gasteiger partial charge on any atom is -0.494 e. The molecule has 1 atom stereocenters. The normalized spacial score (nSPS) is 15.2. The van der Waals surface area contributed by atoms with Gasteiger partial charge in [-0.25, -0.2) is 9.86 Å². The SMILES string of the molecule is NC(=O)N(O)CCCc1ccc(OCCCN2CCN(C(c3ccccc3)c3ccc(Cl)cc3)CC2)cc1. The van der Waals surface area contributed by atoms with E-state index in [1.54, 1.807) is 0 Å². The third-order valence-corrected chi connectivity index (χ3v) is 7.23. The summed E-state index contributed by atoms with van der Waals surface area (Å²) in [5, 5.41) is 10.6. The van der Waals surface area contributed by atoms with Crippen LogP contribution in [0.1, 0.15) is 35.6 Å². The van der Waals surface area contributed by atoms with Crippen molar-refractivity contribution in [3.8, 4) is 5.75 Å². The Morgan fingerprint density at radius 2 is 1.58 bits per heavy atom. The number of halogens is 1. The number of primary amides is 1. The molecule has 0 radical (unpaired) electrons. The lowest BCUT2D eigenvalue weighted by molar-refractivity contribution is -0.0398. The molecule has 0 aliphatic carbocycles. The van der Waals surface area contributed by atoms with Crippen LogP contribution in [-0.4, -0.2) is 72.0 Å². The lowest BCUT2D eigenvalue weighted by atomic mass is 9.96. The first-order valence-electron chi connectivity index (χ1n) is 13.2. The number of hydroxylamine groups is 2. The Morgan fingerprint density at radius 3 is 2.24 bits per heavy atom. The fourth-order valence-corrected chi connectivity index (χ4v) is 5.04. The molecular weight excluding hydrogens is 500 g/mol. The highest BCUT2D eigenvalue weighted by molar-refractivity contribution is 6.30. The summed E-state index contributed by atoms with van der Waals surface area (Å²) in [5.74, 6) is 0.855. The van der Waals surface area contributed by atoms with E-state index in [1.807, 2.05) is 36.4 Å². The second-order valence-electron chi connectivity index (χ2n) is 9.65. The number of benzene rings is 3. The van der Waals surface area contributed by atoms with E-state index in [0.717, 1.165) is 61.9 Å². The van der Waals surface area contributed by atoms with Crippen LogP contribution < -0.4 is 10.5 Å². The van der Waals surface area contributed by atoms with Crippen LogP contribution in [0.4, 0.5) is 4.79 Å². The average molecular weight is 537 g/mol. The van der Waals surface area contributed by atoms with Crippen LogP contribution in [-0.2, 0) is 6.42 Å². The average Bonchev–Trinajstić information content (AvgIpc) is 2.94. The summed E-state index contributed by atoms with van der Waals surface area (Å²) >= 11 is 6.16. The smallest absolute Gasteiger partial charge is 0.338 e. The summed E-state index contributed by atoms with van der Waals surface area (Å²) in [4.78, 5) is 15.9. The minimum atomic E-state index is -0.829. The summed E-state index contributed by atoms with van der Waals surface area (Å²) in [6, 6.07) is 26.3. The lowest BCUT2D eigenvalue weighted by Gasteiger charge is -2.39. The lowest BCUT2D eigenvalue weighted by Crippen LogP contribution is -2.48. The van der Waals surface area contributed by atoms with Crippen molar-refractivity contribution >= 4 is 17.6 Å². The number of ether oxygens (including phenoxy) is 1. The Bertz CT molecular complexity index is 1120. The third kappa shape index (κ3) is 8.20. The van der Waals surface area contributed by atoms with Crippen LogP contribution in [0.3, 0.4) is 0 Å².